The molecule has 2 aromatic rings. The van der Waals surface area contributed by atoms with E-state index in [1.54, 1.807) is 0 Å². The molecule has 0 spiro atoms. The summed E-state index contributed by atoms with van der Waals surface area (Å²) in [6.07, 6.45) is 11.6. The van der Waals surface area contributed by atoms with Gasteiger partial charge in [0.25, 0.3) is 0 Å². The highest BCUT2D eigenvalue weighted by Gasteiger charge is 2.31. The van der Waals surface area contributed by atoms with E-state index in [-0.39, 0.29) is 0 Å². The molecule has 0 N–H and O–H groups in total. The van der Waals surface area contributed by atoms with Crippen molar-refractivity contribution < 1.29 is 9.47 Å². The van der Waals surface area contributed by atoms with E-state index in [1.165, 1.54) is 62.5 Å². The van der Waals surface area contributed by atoms with Gasteiger partial charge in [0.15, 0.2) is 0 Å². The van der Waals surface area contributed by atoms with Gasteiger partial charge in [-0.15, -0.1) is 0 Å². The lowest BCUT2D eigenvalue weighted by molar-refractivity contribution is 0.0671. The van der Waals surface area contributed by atoms with Gasteiger partial charge in [0.2, 0.25) is 0 Å². The Morgan fingerprint density at radius 3 is 1.50 bits per heavy atom. The van der Waals surface area contributed by atoms with Gasteiger partial charge in [-0.2, -0.15) is 0 Å². The van der Waals surface area contributed by atoms with E-state index in [1.807, 2.05) is 0 Å². The molecule has 0 aliphatic carbocycles. The van der Waals surface area contributed by atoms with Crippen LogP contribution in [-0.2, 0) is 22.6 Å². The van der Waals surface area contributed by atoms with Crippen molar-refractivity contribution in [2.45, 2.75) is 105 Å². The summed E-state index contributed by atoms with van der Waals surface area (Å²) in [4.78, 5) is 2.47. The van der Waals surface area contributed by atoms with Gasteiger partial charge in [-0.05, 0) is 41.2 Å². The molecule has 0 radical (unpaired) electrons. The molecule has 3 heteroatoms. The number of benzene rings is 2. The van der Waals surface area contributed by atoms with Crippen molar-refractivity contribution in [1.29, 1.82) is 0 Å². The third kappa shape index (κ3) is 14.5. The summed E-state index contributed by atoms with van der Waals surface area (Å²) >= 11 is 0. The van der Waals surface area contributed by atoms with Crippen LogP contribution in [-0.4, -0.2) is 37.9 Å². The van der Waals surface area contributed by atoms with Crippen LogP contribution in [0, 0.1) is 10.8 Å². The van der Waals surface area contributed by atoms with E-state index in [0.717, 1.165) is 52.5 Å². The molecule has 0 aliphatic rings. The molecule has 2 rings (SSSR count). The van der Waals surface area contributed by atoms with E-state index in [9.17, 15) is 0 Å². The number of hydrogen-bond acceptors (Lipinski definition) is 3. The highest BCUT2D eigenvalue weighted by Crippen LogP contribution is 2.41. The average molecular weight is 524 g/mol. The molecule has 0 saturated carbocycles. The second-order valence-corrected chi connectivity index (χ2v) is 12.6. The molecule has 0 aliphatic heterocycles. The molecule has 3 nitrogen and oxygen atoms in total. The molecule has 0 bridgehead atoms. The number of nitrogens with zero attached hydrogens (tertiary/aromatic N) is 1. The van der Waals surface area contributed by atoms with Gasteiger partial charge in [0.05, 0.1) is 6.61 Å². The largest absolute Gasteiger partial charge is 0.381 e. The van der Waals surface area contributed by atoms with Crippen LogP contribution < -0.4 is 0 Å². The Kier molecular flexibility index (Phi) is 15.9. The van der Waals surface area contributed by atoms with Crippen molar-refractivity contribution >= 4 is 0 Å². The van der Waals surface area contributed by atoms with Crippen LogP contribution >= 0.6 is 0 Å². The molecule has 0 amide bonds. The van der Waals surface area contributed by atoms with Crippen molar-refractivity contribution in [3.63, 3.8) is 0 Å². The lowest BCUT2D eigenvalue weighted by Gasteiger charge is -2.39. The van der Waals surface area contributed by atoms with Crippen molar-refractivity contribution in [3.8, 4) is 0 Å². The summed E-state index contributed by atoms with van der Waals surface area (Å²) in [5.41, 5.74) is 3.51. The van der Waals surface area contributed by atoms with Crippen LogP contribution in [0.3, 0.4) is 0 Å². The van der Waals surface area contributed by atoms with Crippen molar-refractivity contribution in [1.82, 2.24) is 4.90 Å². The highest BCUT2D eigenvalue weighted by atomic mass is 16.5. The second-order valence-electron chi connectivity index (χ2n) is 12.6. The maximum absolute atomic E-state index is 5.95. The predicted molar refractivity (Wildman–Crippen MR) is 163 cm³/mol. The fourth-order valence-electron chi connectivity index (χ4n) is 4.59. The summed E-state index contributed by atoms with van der Waals surface area (Å²) < 4.78 is 11.8. The Balaban J connectivity index is 1.43. The summed E-state index contributed by atoms with van der Waals surface area (Å²) in [6, 6.07) is 21.4. The zero-order valence-electron chi connectivity index (χ0n) is 25.4. The van der Waals surface area contributed by atoms with Gasteiger partial charge in [0.1, 0.15) is 0 Å². The molecule has 0 fully saturated rings. The Labute approximate surface area is 235 Å². The SMILES string of the molecule is CC(C)(C)C(C)(C)CCCCCCCCCOCCCOCCN(Cc1ccccc1)Cc1ccccc1. The zero-order chi connectivity index (χ0) is 27.5. The summed E-state index contributed by atoms with van der Waals surface area (Å²) in [5, 5.41) is 0. The average Bonchev–Trinajstić information content (AvgIpc) is 2.89. The van der Waals surface area contributed by atoms with E-state index in [4.69, 9.17) is 9.47 Å². The number of ether oxygens (including phenoxy) is 2. The molecule has 214 valence electrons. The van der Waals surface area contributed by atoms with Gasteiger partial charge >= 0.3 is 0 Å². The van der Waals surface area contributed by atoms with Crippen molar-refractivity contribution in [2.24, 2.45) is 10.8 Å². The normalized spacial score (nSPS) is 12.4. The lowest BCUT2D eigenvalue weighted by Crippen LogP contribution is -2.29. The first-order chi connectivity index (χ1) is 18.3. The predicted octanol–water partition coefficient (Wildman–Crippen LogP) is 9.31. The summed E-state index contributed by atoms with van der Waals surface area (Å²) in [7, 11) is 0. The first kappa shape index (κ1) is 32.5. The third-order valence-electron chi connectivity index (χ3n) is 8.25. The Morgan fingerprint density at radius 2 is 0.974 bits per heavy atom. The van der Waals surface area contributed by atoms with Crippen LogP contribution in [0.25, 0.3) is 0 Å². The standard InChI is InChI=1S/C35H57NO2/c1-34(2,3)35(4,5)24-17-9-7-6-8-10-18-26-37-27-19-28-38-29-25-36(30-32-20-13-11-14-21-32)31-33-22-15-12-16-23-33/h11-16,20-23H,6-10,17-19,24-31H2,1-5H3. The molecule has 0 aromatic heterocycles. The first-order valence-corrected chi connectivity index (χ1v) is 15.2. The van der Waals surface area contributed by atoms with Crippen LogP contribution in [0.1, 0.15) is 104 Å². The highest BCUT2D eigenvalue weighted by molar-refractivity contribution is 5.17. The van der Waals surface area contributed by atoms with E-state index < -0.39 is 0 Å². The number of hydrogen-bond donors (Lipinski definition) is 0. The van der Waals surface area contributed by atoms with E-state index >= 15 is 0 Å². The van der Waals surface area contributed by atoms with Crippen LogP contribution in [0.5, 0.6) is 0 Å². The minimum Gasteiger partial charge on any atom is -0.381 e. The second kappa shape index (κ2) is 18.6. The molecular formula is C35H57NO2. The number of rotatable bonds is 21. The molecule has 2 aromatic carbocycles. The topological polar surface area (TPSA) is 21.7 Å². The van der Waals surface area contributed by atoms with Crippen LogP contribution in [0.4, 0.5) is 0 Å². The molecule has 0 unspecified atom stereocenters. The van der Waals surface area contributed by atoms with Gasteiger partial charge in [-0.1, -0.05) is 134 Å². The maximum atomic E-state index is 5.95. The molecule has 38 heavy (non-hydrogen) atoms. The zero-order valence-corrected chi connectivity index (χ0v) is 25.4. The van der Waals surface area contributed by atoms with Crippen LogP contribution in [0.15, 0.2) is 60.7 Å². The fourth-order valence-corrected chi connectivity index (χ4v) is 4.59. The van der Waals surface area contributed by atoms with Gasteiger partial charge in [-0.25, -0.2) is 0 Å². The third-order valence-corrected chi connectivity index (χ3v) is 8.25. The Bertz CT molecular complexity index is 771. The van der Waals surface area contributed by atoms with E-state index in [0.29, 0.717) is 10.8 Å². The Hall–Kier alpha value is -1.68. The van der Waals surface area contributed by atoms with Crippen molar-refractivity contribution in [2.75, 3.05) is 33.0 Å². The Morgan fingerprint density at radius 1 is 0.526 bits per heavy atom. The smallest absolute Gasteiger partial charge is 0.0593 e. The van der Waals surface area contributed by atoms with Gasteiger partial charge < -0.3 is 9.47 Å². The molecular weight excluding hydrogens is 466 g/mol. The monoisotopic (exact) mass is 523 g/mol. The van der Waals surface area contributed by atoms with Crippen molar-refractivity contribution in [3.05, 3.63) is 71.8 Å². The summed E-state index contributed by atoms with van der Waals surface area (Å²) in [5.74, 6) is 0. The minimum absolute atomic E-state index is 0.394. The molecule has 0 saturated heterocycles. The minimum atomic E-state index is 0.394. The number of unbranched alkanes of at least 4 members (excludes halogenated alkanes) is 6. The fraction of sp³-hybridized carbons (Fsp3) is 0.657. The molecule has 0 atom stereocenters. The summed E-state index contributed by atoms with van der Waals surface area (Å²) in [6.45, 7) is 18.0. The van der Waals surface area contributed by atoms with Gasteiger partial charge in [-0.3, -0.25) is 4.90 Å². The molecule has 0 heterocycles. The van der Waals surface area contributed by atoms with E-state index in [2.05, 4.69) is 100 Å². The van der Waals surface area contributed by atoms with Gasteiger partial charge in [0, 0.05) is 39.5 Å². The maximum Gasteiger partial charge on any atom is 0.0593 e. The first-order valence-electron chi connectivity index (χ1n) is 15.2. The quantitative estimate of drug-likeness (QED) is 0.152. The lowest BCUT2D eigenvalue weighted by atomic mass is 9.67. The van der Waals surface area contributed by atoms with Crippen LogP contribution in [0.2, 0.25) is 0 Å².